The minimum Gasteiger partial charge on any atom is -0.310 e. The zero-order chi connectivity index (χ0) is 39.1. The van der Waals surface area contributed by atoms with Gasteiger partial charge in [0.05, 0.1) is 0 Å². The lowest BCUT2D eigenvalue weighted by molar-refractivity contribution is 1.29. The van der Waals surface area contributed by atoms with Crippen LogP contribution in [-0.4, -0.2) is 0 Å². The fraction of sp³-hybridized carbons (Fsp3) is 0. The first-order valence-electron chi connectivity index (χ1n) is 20.3. The molecule has 0 aliphatic rings. The first kappa shape index (κ1) is 34.5. The molecule has 0 aromatic heterocycles. The molecule has 0 fully saturated rings. The van der Waals surface area contributed by atoms with Gasteiger partial charge >= 0.3 is 0 Å². The van der Waals surface area contributed by atoms with Crippen LogP contribution in [0.25, 0.3) is 87.6 Å². The average Bonchev–Trinajstić information content (AvgIpc) is 3.32. The third-order valence-electron chi connectivity index (χ3n) is 11.8. The van der Waals surface area contributed by atoms with Crippen molar-refractivity contribution >= 4 is 60.2 Å². The molecule has 0 heterocycles. The van der Waals surface area contributed by atoms with Crippen LogP contribution < -0.4 is 4.90 Å². The summed E-state index contributed by atoms with van der Waals surface area (Å²) in [5.41, 5.74) is 13.1. The average molecular weight is 750 g/mol. The number of anilines is 3. The van der Waals surface area contributed by atoms with Gasteiger partial charge in [0.15, 0.2) is 0 Å². The van der Waals surface area contributed by atoms with E-state index < -0.39 is 0 Å². The maximum Gasteiger partial charge on any atom is 0.0468 e. The number of fused-ring (bicyclic) bond motifs is 5. The molecule has 0 unspecified atom stereocenters. The van der Waals surface area contributed by atoms with Gasteiger partial charge in [0, 0.05) is 17.1 Å². The molecule has 1 heteroatoms. The Bertz CT molecular complexity index is 3290. The summed E-state index contributed by atoms with van der Waals surface area (Å²) in [5.74, 6) is 0. The van der Waals surface area contributed by atoms with Gasteiger partial charge < -0.3 is 4.90 Å². The summed E-state index contributed by atoms with van der Waals surface area (Å²) in [5, 5.41) is 9.93. The third kappa shape index (κ3) is 6.21. The summed E-state index contributed by atoms with van der Waals surface area (Å²) < 4.78 is 0. The predicted molar refractivity (Wildman–Crippen MR) is 253 cm³/mol. The molecular weight excluding hydrogens is 711 g/mol. The largest absolute Gasteiger partial charge is 0.310 e. The smallest absolute Gasteiger partial charge is 0.0468 e. The van der Waals surface area contributed by atoms with Crippen LogP contribution in [0, 0.1) is 0 Å². The lowest BCUT2D eigenvalue weighted by Crippen LogP contribution is -2.10. The van der Waals surface area contributed by atoms with Crippen molar-refractivity contribution in [3.63, 3.8) is 0 Å². The van der Waals surface area contributed by atoms with Crippen LogP contribution in [0.5, 0.6) is 0 Å². The van der Waals surface area contributed by atoms with E-state index in [2.05, 4.69) is 241 Å². The number of nitrogens with zero attached hydrogens (tertiary/aromatic N) is 1. The van der Waals surface area contributed by atoms with Gasteiger partial charge in [-0.2, -0.15) is 0 Å². The molecule has 59 heavy (non-hydrogen) atoms. The fourth-order valence-electron chi connectivity index (χ4n) is 9.01. The van der Waals surface area contributed by atoms with Crippen LogP contribution in [0.3, 0.4) is 0 Å². The van der Waals surface area contributed by atoms with Gasteiger partial charge in [-0.15, -0.1) is 0 Å². The second kappa shape index (κ2) is 14.6. The summed E-state index contributed by atoms with van der Waals surface area (Å²) >= 11 is 0. The highest BCUT2D eigenvalue weighted by molar-refractivity contribution is 6.22. The maximum atomic E-state index is 2.41. The normalized spacial score (nSPS) is 11.4. The molecule has 0 aliphatic carbocycles. The van der Waals surface area contributed by atoms with Crippen molar-refractivity contribution in [1.29, 1.82) is 0 Å². The van der Waals surface area contributed by atoms with Crippen molar-refractivity contribution in [3.05, 3.63) is 237 Å². The number of rotatable bonds is 7. The Morgan fingerprint density at radius 3 is 1.41 bits per heavy atom. The molecule has 0 spiro atoms. The Morgan fingerprint density at radius 1 is 0.220 bits per heavy atom. The summed E-state index contributed by atoms with van der Waals surface area (Å²) in [4.78, 5) is 2.41. The molecule has 0 amide bonds. The van der Waals surface area contributed by atoms with Crippen LogP contribution in [0.15, 0.2) is 237 Å². The van der Waals surface area contributed by atoms with Crippen LogP contribution in [-0.2, 0) is 0 Å². The standard InChI is InChI=1S/C58H39N/c1-3-16-45(17-4-1)57-55-24-12-11-23-53(55)54-37-36-50(39-56(54)58(57)46-18-5-2-6-19-46)59(49-35-32-40-14-7-8-20-47(40)38-49)48-33-30-42(31-34-48)41-26-28-44(29-27-41)52-25-13-21-43-15-9-10-22-51(43)52/h1-39H. The van der Waals surface area contributed by atoms with E-state index in [1.807, 2.05) is 0 Å². The topological polar surface area (TPSA) is 3.24 Å². The molecule has 0 radical (unpaired) electrons. The first-order valence-corrected chi connectivity index (χ1v) is 20.3. The molecule has 11 rings (SSSR count). The van der Waals surface area contributed by atoms with Gasteiger partial charge in [-0.3, -0.25) is 0 Å². The second-order valence-electron chi connectivity index (χ2n) is 15.3. The molecule has 0 saturated heterocycles. The highest BCUT2D eigenvalue weighted by Gasteiger charge is 2.20. The quantitative estimate of drug-likeness (QED) is 0.147. The molecule has 0 aliphatic heterocycles. The molecule has 11 aromatic carbocycles. The Hall–Kier alpha value is -7.74. The molecule has 0 bridgehead atoms. The van der Waals surface area contributed by atoms with Gasteiger partial charge in [-0.25, -0.2) is 0 Å². The van der Waals surface area contributed by atoms with Gasteiger partial charge in [0.25, 0.3) is 0 Å². The lowest BCUT2D eigenvalue weighted by Gasteiger charge is -2.27. The Kier molecular flexibility index (Phi) is 8.56. The van der Waals surface area contributed by atoms with E-state index in [1.165, 1.54) is 87.6 Å². The number of hydrogen-bond donors (Lipinski definition) is 0. The highest BCUT2D eigenvalue weighted by Crippen LogP contribution is 2.47. The van der Waals surface area contributed by atoms with Crippen molar-refractivity contribution < 1.29 is 0 Å². The van der Waals surface area contributed by atoms with Gasteiger partial charge in [0.1, 0.15) is 0 Å². The van der Waals surface area contributed by atoms with E-state index in [0.29, 0.717) is 0 Å². The Balaban J connectivity index is 1.07. The lowest BCUT2D eigenvalue weighted by atomic mass is 9.85. The summed E-state index contributed by atoms with van der Waals surface area (Å²) in [7, 11) is 0. The molecule has 11 aromatic rings. The molecule has 276 valence electrons. The zero-order valence-corrected chi connectivity index (χ0v) is 32.5. The minimum absolute atomic E-state index is 1.10. The van der Waals surface area contributed by atoms with Crippen LogP contribution in [0.4, 0.5) is 17.1 Å². The van der Waals surface area contributed by atoms with E-state index in [4.69, 9.17) is 0 Å². The molecule has 1 nitrogen and oxygen atoms in total. The summed E-state index contributed by atoms with van der Waals surface area (Å²) in [6.07, 6.45) is 0. The first-order chi connectivity index (χ1) is 29.3. The van der Waals surface area contributed by atoms with Crippen molar-refractivity contribution in [2.24, 2.45) is 0 Å². The van der Waals surface area contributed by atoms with Crippen molar-refractivity contribution in [2.75, 3.05) is 4.90 Å². The predicted octanol–water partition coefficient (Wildman–Crippen LogP) is 16.4. The number of hydrogen-bond acceptors (Lipinski definition) is 1. The van der Waals surface area contributed by atoms with E-state index in [0.717, 1.165) is 17.1 Å². The monoisotopic (exact) mass is 749 g/mol. The van der Waals surface area contributed by atoms with Crippen LogP contribution in [0.2, 0.25) is 0 Å². The molecule has 0 saturated carbocycles. The maximum absolute atomic E-state index is 2.41. The van der Waals surface area contributed by atoms with Crippen molar-refractivity contribution in [3.8, 4) is 44.5 Å². The highest BCUT2D eigenvalue weighted by atomic mass is 15.1. The fourth-order valence-corrected chi connectivity index (χ4v) is 9.01. The molecular formula is C58H39N. The Labute approximate surface area is 344 Å². The van der Waals surface area contributed by atoms with E-state index in [1.54, 1.807) is 0 Å². The van der Waals surface area contributed by atoms with Gasteiger partial charge in [-0.05, 0) is 124 Å². The van der Waals surface area contributed by atoms with Gasteiger partial charge in [0.2, 0.25) is 0 Å². The number of benzene rings is 11. The molecule has 0 N–H and O–H groups in total. The van der Waals surface area contributed by atoms with Crippen molar-refractivity contribution in [2.45, 2.75) is 0 Å². The Morgan fingerprint density at radius 2 is 0.695 bits per heavy atom. The van der Waals surface area contributed by atoms with E-state index in [9.17, 15) is 0 Å². The van der Waals surface area contributed by atoms with Crippen molar-refractivity contribution in [1.82, 2.24) is 0 Å². The van der Waals surface area contributed by atoms with Crippen LogP contribution in [0.1, 0.15) is 0 Å². The zero-order valence-electron chi connectivity index (χ0n) is 32.5. The molecule has 0 atom stereocenters. The van der Waals surface area contributed by atoms with E-state index >= 15 is 0 Å². The van der Waals surface area contributed by atoms with E-state index in [-0.39, 0.29) is 0 Å². The minimum atomic E-state index is 1.10. The SMILES string of the molecule is c1ccc(-c2c(-c3ccccc3)c3cc(N(c4ccc(-c5ccc(-c6cccc7ccccc67)cc5)cc4)c4ccc5ccccc5c4)ccc3c3ccccc23)cc1. The van der Waals surface area contributed by atoms with Gasteiger partial charge in [-0.1, -0.05) is 200 Å². The third-order valence-corrected chi connectivity index (χ3v) is 11.8. The van der Waals surface area contributed by atoms with Crippen LogP contribution >= 0.6 is 0 Å². The summed E-state index contributed by atoms with van der Waals surface area (Å²) in [6, 6.07) is 86.3. The second-order valence-corrected chi connectivity index (χ2v) is 15.3. The summed E-state index contributed by atoms with van der Waals surface area (Å²) in [6.45, 7) is 0.